The van der Waals surface area contributed by atoms with Gasteiger partial charge in [0.2, 0.25) is 11.7 Å². The van der Waals surface area contributed by atoms with Crippen LogP contribution in [0.1, 0.15) is 40.9 Å². The number of aromatic hydroxyl groups is 1. The first-order valence-electron chi connectivity index (χ1n) is 9.28. The Labute approximate surface area is 178 Å². The van der Waals surface area contributed by atoms with Crippen LogP contribution in [0.4, 0.5) is 5.69 Å². The maximum absolute atomic E-state index is 13.1. The summed E-state index contributed by atoms with van der Waals surface area (Å²) >= 11 is 6.49. The molecule has 1 aliphatic heterocycles. The lowest BCUT2D eigenvalue weighted by atomic mass is 10.0. The Morgan fingerprint density at radius 1 is 1.30 bits per heavy atom. The maximum atomic E-state index is 13.1. The normalized spacial score (nSPS) is 15.6. The summed E-state index contributed by atoms with van der Waals surface area (Å²) in [5.74, 6) is -1.24. The molecule has 1 fully saturated rings. The first-order valence-corrected chi connectivity index (χ1v) is 11.5. The molecule has 0 spiro atoms. The van der Waals surface area contributed by atoms with Crippen molar-refractivity contribution in [3.63, 3.8) is 0 Å². The molecule has 30 heavy (non-hydrogen) atoms. The number of benzene rings is 1. The minimum absolute atomic E-state index is 0.0169. The summed E-state index contributed by atoms with van der Waals surface area (Å²) in [5.41, 5.74) is 0.147. The Morgan fingerprint density at radius 3 is 2.57 bits per heavy atom. The van der Waals surface area contributed by atoms with Gasteiger partial charge in [0.15, 0.2) is 0 Å². The summed E-state index contributed by atoms with van der Waals surface area (Å²) in [6.45, 7) is 0.881. The van der Waals surface area contributed by atoms with Gasteiger partial charge < -0.3 is 14.9 Å². The standard InChI is InChI=1S/C19H22ClN3O6S/c1-11-15(19(27)23(21-11)10-14(24)25)18(26)12-6-7-13(29-2)17(16(12)20)22-30(28)8-4-3-5-9-30/h6-7,27H,3-5,8-10H2,1-2H3,(H,24,25). The Kier molecular flexibility index (Phi) is 6.37. The smallest absolute Gasteiger partial charge is 0.325 e. The molecule has 3 rings (SSSR count). The predicted molar refractivity (Wildman–Crippen MR) is 112 cm³/mol. The van der Waals surface area contributed by atoms with E-state index in [4.69, 9.17) is 21.4 Å². The molecule has 0 bridgehead atoms. The van der Waals surface area contributed by atoms with Crippen LogP contribution in [-0.4, -0.2) is 54.6 Å². The van der Waals surface area contributed by atoms with Crippen molar-refractivity contribution in [2.24, 2.45) is 4.36 Å². The lowest BCUT2D eigenvalue weighted by Gasteiger charge is -2.17. The Hall–Kier alpha value is -2.59. The van der Waals surface area contributed by atoms with Gasteiger partial charge in [0.05, 0.1) is 27.6 Å². The average molecular weight is 456 g/mol. The van der Waals surface area contributed by atoms with Crippen molar-refractivity contribution in [1.29, 1.82) is 0 Å². The van der Waals surface area contributed by atoms with Gasteiger partial charge in [-0.2, -0.15) is 9.46 Å². The van der Waals surface area contributed by atoms with Gasteiger partial charge in [-0.05, 0) is 31.9 Å². The van der Waals surface area contributed by atoms with Crippen LogP contribution >= 0.6 is 11.6 Å². The maximum Gasteiger partial charge on any atom is 0.325 e. The fourth-order valence-corrected chi connectivity index (χ4v) is 5.92. The van der Waals surface area contributed by atoms with Crippen LogP contribution in [0.5, 0.6) is 11.6 Å². The third-order valence-corrected chi connectivity index (χ3v) is 7.59. The van der Waals surface area contributed by atoms with E-state index in [1.807, 2.05) is 0 Å². The van der Waals surface area contributed by atoms with Gasteiger partial charge in [-0.15, -0.1) is 0 Å². The number of methoxy groups -OCH3 is 1. The number of ketones is 1. The molecule has 2 aromatic rings. The van der Waals surface area contributed by atoms with E-state index >= 15 is 0 Å². The van der Waals surface area contributed by atoms with E-state index in [1.54, 1.807) is 0 Å². The number of aryl methyl sites for hydroxylation is 1. The van der Waals surface area contributed by atoms with E-state index in [1.165, 1.54) is 26.2 Å². The second-order valence-electron chi connectivity index (χ2n) is 6.98. The van der Waals surface area contributed by atoms with Gasteiger partial charge >= 0.3 is 5.97 Å². The second kappa shape index (κ2) is 8.65. The van der Waals surface area contributed by atoms with E-state index in [0.29, 0.717) is 11.5 Å². The highest BCUT2D eigenvalue weighted by Crippen LogP contribution is 2.41. The van der Waals surface area contributed by atoms with Gasteiger partial charge in [0, 0.05) is 17.1 Å². The SMILES string of the molecule is COc1ccc(C(=O)c2c(C)nn(CC(=O)O)c2O)c(Cl)c1N=S1(=O)CCCCC1. The highest BCUT2D eigenvalue weighted by atomic mass is 35.5. The number of carbonyl (C=O) groups excluding carboxylic acids is 1. The zero-order chi connectivity index (χ0) is 22.1. The molecule has 0 saturated carbocycles. The third-order valence-electron chi connectivity index (χ3n) is 4.84. The van der Waals surface area contributed by atoms with E-state index in [2.05, 4.69) is 9.46 Å². The third kappa shape index (κ3) is 4.29. The summed E-state index contributed by atoms with van der Waals surface area (Å²) < 4.78 is 23.6. The summed E-state index contributed by atoms with van der Waals surface area (Å²) in [6.07, 6.45) is 2.60. The molecule has 9 nitrogen and oxygen atoms in total. The van der Waals surface area contributed by atoms with Gasteiger partial charge in [0.25, 0.3) is 0 Å². The monoisotopic (exact) mass is 455 g/mol. The molecule has 162 valence electrons. The van der Waals surface area contributed by atoms with Crippen LogP contribution in [0.15, 0.2) is 16.5 Å². The van der Waals surface area contributed by atoms with Crippen molar-refractivity contribution in [2.75, 3.05) is 18.6 Å². The zero-order valence-corrected chi connectivity index (χ0v) is 18.1. The van der Waals surface area contributed by atoms with Crippen LogP contribution in [0.3, 0.4) is 0 Å². The van der Waals surface area contributed by atoms with E-state index in [-0.39, 0.29) is 33.3 Å². The van der Waals surface area contributed by atoms with Gasteiger partial charge in [0.1, 0.15) is 23.5 Å². The minimum Gasteiger partial charge on any atom is -0.494 e. The van der Waals surface area contributed by atoms with Crippen molar-refractivity contribution in [3.8, 4) is 11.6 Å². The Bertz CT molecular complexity index is 1120. The number of aromatic nitrogens is 2. The molecule has 0 aliphatic carbocycles. The van der Waals surface area contributed by atoms with Crippen LogP contribution in [0.25, 0.3) is 0 Å². The van der Waals surface area contributed by atoms with Crippen LogP contribution in [0.2, 0.25) is 5.02 Å². The van der Waals surface area contributed by atoms with Crippen LogP contribution in [-0.2, 0) is 21.1 Å². The summed E-state index contributed by atoms with van der Waals surface area (Å²) in [4.78, 5) is 24.1. The molecule has 2 heterocycles. The Morgan fingerprint density at radius 2 is 1.97 bits per heavy atom. The van der Waals surface area contributed by atoms with E-state index in [9.17, 15) is 18.9 Å². The molecule has 0 unspecified atom stereocenters. The molecular formula is C19H22ClN3O6S. The molecule has 0 atom stereocenters. The second-order valence-corrected chi connectivity index (χ2v) is 9.90. The number of carbonyl (C=O) groups is 2. The molecular weight excluding hydrogens is 434 g/mol. The lowest BCUT2D eigenvalue weighted by molar-refractivity contribution is -0.138. The number of hydrogen-bond acceptors (Lipinski definition) is 7. The van der Waals surface area contributed by atoms with Gasteiger partial charge in [-0.3, -0.25) is 9.59 Å². The number of carboxylic acid groups (broad SMARTS) is 1. The molecule has 0 amide bonds. The summed E-state index contributed by atoms with van der Waals surface area (Å²) in [7, 11) is -1.09. The predicted octanol–water partition coefficient (Wildman–Crippen LogP) is 3.16. The number of halogens is 1. The van der Waals surface area contributed by atoms with Crippen molar-refractivity contribution in [1.82, 2.24) is 9.78 Å². The summed E-state index contributed by atoms with van der Waals surface area (Å²) in [6, 6.07) is 2.92. The fourth-order valence-electron chi connectivity index (χ4n) is 3.37. The molecule has 0 radical (unpaired) electrons. The molecule has 1 aromatic carbocycles. The minimum atomic E-state index is -2.51. The molecule has 1 aliphatic rings. The molecule has 11 heteroatoms. The number of nitrogens with zero attached hydrogens (tertiary/aromatic N) is 3. The largest absolute Gasteiger partial charge is 0.494 e. The van der Waals surface area contributed by atoms with Crippen molar-refractivity contribution < 1.29 is 28.7 Å². The number of hydrogen-bond donors (Lipinski definition) is 2. The average Bonchev–Trinajstić information content (AvgIpc) is 2.96. The van der Waals surface area contributed by atoms with Crippen molar-refractivity contribution in [2.45, 2.75) is 32.7 Å². The van der Waals surface area contributed by atoms with E-state index in [0.717, 1.165) is 23.9 Å². The summed E-state index contributed by atoms with van der Waals surface area (Å²) in [5, 5.41) is 23.1. The quantitative estimate of drug-likeness (QED) is 0.639. The Balaban J connectivity index is 2.11. The number of rotatable bonds is 6. The first-order chi connectivity index (χ1) is 14.2. The van der Waals surface area contributed by atoms with Crippen molar-refractivity contribution >= 4 is 38.8 Å². The topological polar surface area (TPSA) is 131 Å². The van der Waals surface area contributed by atoms with Crippen molar-refractivity contribution in [3.05, 3.63) is 34.0 Å². The highest BCUT2D eigenvalue weighted by Gasteiger charge is 2.27. The van der Waals surface area contributed by atoms with Gasteiger partial charge in [-0.1, -0.05) is 18.0 Å². The number of aliphatic carboxylic acids is 1. The number of carboxylic acids is 1. The van der Waals surface area contributed by atoms with E-state index < -0.39 is 33.9 Å². The molecule has 2 N–H and O–H groups in total. The lowest BCUT2D eigenvalue weighted by Crippen LogP contribution is -2.16. The molecule has 1 aromatic heterocycles. The van der Waals surface area contributed by atoms with Gasteiger partial charge in [-0.25, -0.2) is 8.89 Å². The fraction of sp³-hybridized carbons (Fsp3) is 0.421. The number of ether oxygens (including phenoxy) is 1. The van der Waals surface area contributed by atoms with Crippen LogP contribution in [0, 0.1) is 6.92 Å². The van der Waals surface area contributed by atoms with Crippen LogP contribution < -0.4 is 4.74 Å². The molecule has 1 saturated heterocycles. The first kappa shape index (κ1) is 22.1. The zero-order valence-electron chi connectivity index (χ0n) is 16.6. The highest BCUT2D eigenvalue weighted by molar-refractivity contribution is 7.93.